The Kier molecular flexibility index (Phi) is 5.20. The second-order valence-corrected chi connectivity index (χ2v) is 7.90. The van der Waals surface area contributed by atoms with E-state index in [0.717, 1.165) is 11.1 Å². The summed E-state index contributed by atoms with van der Waals surface area (Å²) in [6.07, 6.45) is 0.694. The largest absolute Gasteiger partial charge is 0.334 e. The molecule has 0 fully saturated rings. The van der Waals surface area contributed by atoms with Crippen LogP contribution in [0.5, 0.6) is 0 Å². The van der Waals surface area contributed by atoms with Gasteiger partial charge in [0, 0.05) is 11.6 Å². The quantitative estimate of drug-likeness (QED) is 0.712. The highest BCUT2D eigenvalue weighted by Gasteiger charge is 2.23. The first-order valence-corrected chi connectivity index (χ1v) is 9.91. The number of nitrogens with one attached hydrogen (secondary N) is 1. The standard InChI is InChI=1S/C19H21N3O3S/c1-4-14(3)22-26(23,24)17-8-6-5-7-16(17)19-20-18(21-25-19)15-11-9-13(2)10-12-15/h5-12,14,22H,4H2,1-3H3. The van der Waals surface area contributed by atoms with Crippen LogP contribution in [0.3, 0.4) is 0 Å². The zero-order valence-corrected chi connectivity index (χ0v) is 15.7. The van der Waals surface area contributed by atoms with E-state index in [0.29, 0.717) is 17.8 Å². The van der Waals surface area contributed by atoms with Crippen LogP contribution < -0.4 is 4.72 Å². The molecule has 6 nitrogen and oxygen atoms in total. The molecule has 0 spiro atoms. The fraction of sp³-hybridized carbons (Fsp3) is 0.263. The van der Waals surface area contributed by atoms with Crippen LogP contribution in [0.1, 0.15) is 25.8 Å². The summed E-state index contributed by atoms with van der Waals surface area (Å²) in [5.74, 6) is 0.591. The molecule has 1 unspecified atom stereocenters. The van der Waals surface area contributed by atoms with Crippen molar-refractivity contribution in [2.75, 3.05) is 0 Å². The average molecular weight is 371 g/mol. The van der Waals surface area contributed by atoms with E-state index in [9.17, 15) is 8.42 Å². The van der Waals surface area contributed by atoms with Crippen molar-refractivity contribution in [2.24, 2.45) is 0 Å². The van der Waals surface area contributed by atoms with Crippen molar-refractivity contribution in [3.8, 4) is 22.8 Å². The van der Waals surface area contributed by atoms with Crippen LogP contribution in [-0.4, -0.2) is 24.6 Å². The normalized spacial score (nSPS) is 12.9. The molecule has 3 aromatic rings. The van der Waals surface area contributed by atoms with Crippen molar-refractivity contribution in [2.45, 2.75) is 38.1 Å². The summed E-state index contributed by atoms with van der Waals surface area (Å²) in [5.41, 5.74) is 2.32. The average Bonchev–Trinajstić information content (AvgIpc) is 3.12. The van der Waals surface area contributed by atoms with Gasteiger partial charge in [-0.05, 0) is 32.4 Å². The molecule has 0 saturated carbocycles. The molecule has 0 aliphatic carbocycles. The number of nitrogens with zero attached hydrogens (tertiary/aromatic N) is 2. The smallest absolute Gasteiger partial charge is 0.259 e. The highest BCUT2D eigenvalue weighted by Crippen LogP contribution is 2.28. The van der Waals surface area contributed by atoms with E-state index in [1.54, 1.807) is 18.2 Å². The molecule has 1 atom stereocenters. The molecular formula is C19H21N3O3S. The molecule has 2 aromatic carbocycles. The summed E-state index contributed by atoms with van der Waals surface area (Å²) in [6.45, 7) is 5.74. The lowest BCUT2D eigenvalue weighted by atomic mass is 10.1. The zero-order valence-electron chi connectivity index (χ0n) is 14.9. The molecule has 0 bridgehead atoms. The van der Waals surface area contributed by atoms with Gasteiger partial charge >= 0.3 is 0 Å². The molecule has 0 saturated heterocycles. The van der Waals surface area contributed by atoms with Gasteiger partial charge in [0.1, 0.15) is 0 Å². The lowest BCUT2D eigenvalue weighted by molar-refractivity contribution is 0.431. The maximum atomic E-state index is 12.7. The maximum absolute atomic E-state index is 12.7. The van der Waals surface area contributed by atoms with E-state index in [2.05, 4.69) is 14.9 Å². The molecule has 0 aliphatic heterocycles. The molecule has 1 aromatic heterocycles. The van der Waals surface area contributed by atoms with Crippen molar-refractivity contribution in [1.29, 1.82) is 0 Å². The second-order valence-electron chi connectivity index (χ2n) is 6.22. The summed E-state index contributed by atoms with van der Waals surface area (Å²) in [5, 5.41) is 3.99. The van der Waals surface area contributed by atoms with Crippen molar-refractivity contribution >= 4 is 10.0 Å². The topological polar surface area (TPSA) is 85.1 Å². The second kappa shape index (κ2) is 7.39. The van der Waals surface area contributed by atoms with Crippen molar-refractivity contribution in [1.82, 2.24) is 14.9 Å². The molecule has 7 heteroatoms. The van der Waals surface area contributed by atoms with E-state index < -0.39 is 10.0 Å². The van der Waals surface area contributed by atoms with E-state index in [1.165, 1.54) is 6.07 Å². The number of rotatable bonds is 6. The molecule has 0 amide bonds. The van der Waals surface area contributed by atoms with E-state index in [4.69, 9.17) is 4.52 Å². The Morgan fingerprint density at radius 1 is 1.12 bits per heavy atom. The van der Waals surface area contributed by atoms with Crippen LogP contribution in [0.2, 0.25) is 0 Å². The lowest BCUT2D eigenvalue weighted by Gasteiger charge is -2.13. The van der Waals surface area contributed by atoms with Crippen molar-refractivity contribution < 1.29 is 12.9 Å². The summed E-state index contributed by atoms with van der Waals surface area (Å²) in [6, 6.07) is 14.2. The van der Waals surface area contributed by atoms with E-state index in [-0.39, 0.29) is 16.8 Å². The van der Waals surface area contributed by atoms with Crippen LogP contribution in [0.4, 0.5) is 0 Å². The minimum atomic E-state index is -3.69. The Balaban J connectivity index is 2.00. The monoisotopic (exact) mass is 371 g/mol. The SMILES string of the molecule is CCC(C)NS(=O)(=O)c1ccccc1-c1nc(-c2ccc(C)cc2)no1. The van der Waals surface area contributed by atoms with Crippen molar-refractivity contribution in [3.63, 3.8) is 0 Å². The predicted octanol–water partition coefficient (Wildman–Crippen LogP) is 3.79. The number of aromatic nitrogens is 2. The third kappa shape index (κ3) is 3.84. The Morgan fingerprint density at radius 2 is 1.81 bits per heavy atom. The van der Waals surface area contributed by atoms with E-state index in [1.807, 2.05) is 45.0 Å². The third-order valence-corrected chi connectivity index (χ3v) is 5.76. The Labute approximate surface area is 153 Å². The molecule has 26 heavy (non-hydrogen) atoms. The number of sulfonamides is 1. The Bertz CT molecular complexity index is 995. The number of benzene rings is 2. The van der Waals surface area contributed by atoms with Gasteiger partial charge in [-0.3, -0.25) is 0 Å². The van der Waals surface area contributed by atoms with Crippen LogP contribution in [0, 0.1) is 6.92 Å². The summed E-state index contributed by atoms with van der Waals surface area (Å²) >= 11 is 0. The van der Waals surface area contributed by atoms with Gasteiger partial charge in [-0.2, -0.15) is 4.98 Å². The minimum Gasteiger partial charge on any atom is -0.334 e. The van der Waals surface area contributed by atoms with Crippen molar-refractivity contribution in [3.05, 3.63) is 54.1 Å². The summed E-state index contributed by atoms with van der Waals surface area (Å²) in [7, 11) is -3.69. The van der Waals surface area contributed by atoms with Gasteiger partial charge in [0.05, 0.1) is 10.5 Å². The van der Waals surface area contributed by atoms with Crippen LogP contribution >= 0.6 is 0 Å². The maximum Gasteiger partial charge on any atom is 0.259 e. The Hall–Kier alpha value is -2.51. The van der Waals surface area contributed by atoms with Crippen LogP contribution in [0.25, 0.3) is 22.8 Å². The Morgan fingerprint density at radius 3 is 2.50 bits per heavy atom. The fourth-order valence-electron chi connectivity index (χ4n) is 2.44. The molecule has 1 heterocycles. The molecular weight excluding hydrogens is 350 g/mol. The van der Waals surface area contributed by atoms with Gasteiger partial charge in [0.15, 0.2) is 0 Å². The predicted molar refractivity (Wildman–Crippen MR) is 100.0 cm³/mol. The first-order valence-electron chi connectivity index (χ1n) is 8.43. The highest BCUT2D eigenvalue weighted by atomic mass is 32.2. The molecule has 136 valence electrons. The van der Waals surface area contributed by atoms with Gasteiger partial charge in [-0.15, -0.1) is 0 Å². The number of hydrogen-bond acceptors (Lipinski definition) is 5. The summed E-state index contributed by atoms with van der Waals surface area (Å²) < 4.78 is 33.4. The van der Waals surface area contributed by atoms with Gasteiger partial charge in [0.2, 0.25) is 15.8 Å². The lowest BCUT2D eigenvalue weighted by Crippen LogP contribution is -2.32. The molecule has 3 rings (SSSR count). The van der Waals surface area contributed by atoms with Gasteiger partial charge < -0.3 is 4.52 Å². The first kappa shape index (κ1) is 18.3. The fourth-order valence-corrected chi connectivity index (χ4v) is 3.97. The van der Waals surface area contributed by atoms with Gasteiger partial charge in [-0.1, -0.05) is 54.0 Å². The number of hydrogen-bond donors (Lipinski definition) is 1. The zero-order chi connectivity index (χ0) is 18.7. The first-order chi connectivity index (χ1) is 12.4. The minimum absolute atomic E-state index is 0.124. The third-order valence-electron chi connectivity index (χ3n) is 4.11. The van der Waals surface area contributed by atoms with Gasteiger partial charge in [-0.25, -0.2) is 13.1 Å². The van der Waals surface area contributed by atoms with Gasteiger partial charge in [0.25, 0.3) is 5.89 Å². The van der Waals surface area contributed by atoms with Crippen LogP contribution in [-0.2, 0) is 10.0 Å². The number of aryl methyl sites for hydroxylation is 1. The summed E-state index contributed by atoms with van der Waals surface area (Å²) in [4.78, 5) is 4.51. The molecule has 0 radical (unpaired) electrons. The molecule has 1 N–H and O–H groups in total. The van der Waals surface area contributed by atoms with Crippen LogP contribution in [0.15, 0.2) is 57.9 Å². The molecule has 0 aliphatic rings. The van der Waals surface area contributed by atoms with E-state index >= 15 is 0 Å². The highest BCUT2D eigenvalue weighted by molar-refractivity contribution is 7.89.